The van der Waals surface area contributed by atoms with Crippen molar-refractivity contribution in [2.75, 3.05) is 39.3 Å². The van der Waals surface area contributed by atoms with Crippen LogP contribution in [0.25, 0.3) is 0 Å². The monoisotopic (exact) mass is 297 g/mol. The molecule has 2 rings (SSSR count). The molecule has 1 saturated heterocycles. The van der Waals surface area contributed by atoms with E-state index in [1.54, 1.807) is 0 Å². The number of carbonyl (C=O) groups excluding carboxylic acids is 1. The molecule has 0 aromatic rings. The van der Waals surface area contributed by atoms with Crippen molar-refractivity contribution in [3.8, 4) is 0 Å². The number of rotatable bonds is 5. The molecule has 0 atom stereocenters. The van der Waals surface area contributed by atoms with E-state index in [-0.39, 0.29) is 12.5 Å². The average Bonchev–Trinajstić information content (AvgIpc) is 2.48. The minimum atomic E-state index is -0.767. The maximum atomic E-state index is 12.0. The van der Waals surface area contributed by atoms with Gasteiger partial charge >= 0.3 is 5.97 Å². The first kappa shape index (κ1) is 16.2. The fraction of sp³-hybridized carbons (Fsp3) is 0.867. The summed E-state index contributed by atoms with van der Waals surface area (Å²) in [5.74, 6) is -0.234. The average molecular weight is 297 g/mol. The van der Waals surface area contributed by atoms with Crippen LogP contribution in [0.2, 0.25) is 0 Å². The molecule has 6 heteroatoms. The Balaban J connectivity index is 1.81. The summed E-state index contributed by atoms with van der Waals surface area (Å²) in [6.45, 7) is 6.35. The Labute approximate surface area is 126 Å². The zero-order valence-electron chi connectivity index (χ0n) is 12.9. The number of carbonyl (C=O) groups is 2. The molecule has 2 aliphatic rings. The Kier molecular flexibility index (Phi) is 5.58. The van der Waals surface area contributed by atoms with Crippen molar-refractivity contribution in [1.29, 1.82) is 0 Å². The first-order chi connectivity index (χ1) is 10.0. The quantitative estimate of drug-likeness (QED) is 0.679. The first-order valence-corrected chi connectivity index (χ1v) is 7.95. The molecule has 0 radical (unpaired) electrons. The summed E-state index contributed by atoms with van der Waals surface area (Å²) in [6, 6.07) is 0. The van der Waals surface area contributed by atoms with Crippen LogP contribution in [0.4, 0.5) is 0 Å². The molecular weight excluding hydrogens is 270 g/mol. The summed E-state index contributed by atoms with van der Waals surface area (Å²) in [5.41, 5.74) is -0.758. The molecular formula is C15H27N3O3. The van der Waals surface area contributed by atoms with Crippen molar-refractivity contribution in [3.05, 3.63) is 0 Å². The van der Waals surface area contributed by atoms with E-state index in [0.29, 0.717) is 25.3 Å². The smallest absolute Gasteiger partial charge is 0.311 e. The molecule has 0 aromatic carbocycles. The molecule has 2 fully saturated rings. The number of hydrogen-bond donors (Lipinski definition) is 3. The lowest BCUT2D eigenvalue weighted by molar-refractivity contribution is -0.151. The highest BCUT2D eigenvalue weighted by Gasteiger charge is 2.41. The Hall–Kier alpha value is -1.14. The van der Waals surface area contributed by atoms with Gasteiger partial charge in [0, 0.05) is 32.7 Å². The van der Waals surface area contributed by atoms with E-state index < -0.39 is 11.4 Å². The van der Waals surface area contributed by atoms with Crippen molar-refractivity contribution in [1.82, 2.24) is 15.5 Å². The van der Waals surface area contributed by atoms with E-state index in [1.807, 2.05) is 0 Å². The number of aliphatic carboxylic acids is 1. The fourth-order valence-electron chi connectivity index (χ4n) is 3.18. The lowest BCUT2D eigenvalue weighted by Crippen LogP contribution is -2.50. The second kappa shape index (κ2) is 7.22. The van der Waals surface area contributed by atoms with Gasteiger partial charge in [-0.2, -0.15) is 0 Å². The summed E-state index contributed by atoms with van der Waals surface area (Å²) in [6.07, 6.45) is 3.19. The van der Waals surface area contributed by atoms with Crippen LogP contribution in [-0.4, -0.2) is 61.2 Å². The summed E-state index contributed by atoms with van der Waals surface area (Å²) in [5, 5.41) is 15.6. The van der Waals surface area contributed by atoms with Crippen LogP contribution >= 0.6 is 0 Å². The van der Waals surface area contributed by atoms with Crippen LogP contribution in [0.1, 0.15) is 32.6 Å². The molecule has 1 heterocycles. The third-order valence-corrected chi connectivity index (χ3v) is 4.89. The van der Waals surface area contributed by atoms with Crippen LogP contribution in [-0.2, 0) is 9.59 Å². The minimum absolute atomic E-state index is 0.0591. The lowest BCUT2D eigenvalue weighted by atomic mass is 9.71. The minimum Gasteiger partial charge on any atom is -0.481 e. The van der Waals surface area contributed by atoms with E-state index in [0.717, 1.165) is 39.0 Å². The topological polar surface area (TPSA) is 81.7 Å². The molecule has 120 valence electrons. The number of carboxylic acid groups (broad SMARTS) is 1. The Morgan fingerprint density at radius 2 is 1.90 bits per heavy atom. The maximum absolute atomic E-state index is 12.0. The van der Waals surface area contributed by atoms with Gasteiger partial charge in [-0.15, -0.1) is 0 Å². The number of piperazine rings is 1. The van der Waals surface area contributed by atoms with Crippen molar-refractivity contribution < 1.29 is 14.7 Å². The van der Waals surface area contributed by atoms with Gasteiger partial charge in [-0.25, -0.2) is 0 Å². The number of nitrogens with zero attached hydrogens (tertiary/aromatic N) is 1. The van der Waals surface area contributed by atoms with Crippen LogP contribution in [0.5, 0.6) is 0 Å². The highest BCUT2D eigenvalue weighted by atomic mass is 16.4. The lowest BCUT2D eigenvalue weighted by Gasteiger charge is -2.36. The van der Waals surface area contributed by atoms with Crippen molar-refractivity contribution in [2.45, 2.75) is 32.6 Å². The molecule has 1 amide bonds. The van der Waals surface area contributed by atoms with Gasteiger partial charge in [-0.3, -0.25) is 14.5 Å². The predicted octanol–water partition coefficient (Wildman–Crippen LogP) is 0.289. The number of amides is 1. The van der Waals surface area contributed by atoms with Gasteiger partial charge < -0.3 is 15.7 Å². The summed E-state index contributed by atoms with van der Waals surface area (Å²) in [7, 11) is 0. The summed E-state index contributed by atoms with van der Waals surface area (Å²) >= 11 is 0. The standard InChI is InChI=1S/C15H27N3O3/c1-12-2-4-15(5-3-12,14(20)21)11-17-13(19)10-18-8-6-16-7-9-18/h12,16H,2-11H2,1H3,(H,17,19)(H,20,21). The molecule has 0 aromatic heterocycles. The van der Waals surface area contributed by atoms with E-state index in [1.165, 1.54) is 0 Å². The van der Waals surface area contributed by atoms with Gasteiger partial charge in [-0.1, -0.05) is 6.92 Å². The van der Waals surface area contributed by atoms with Gasteiger partial charge in [0.05, 0.1) is 12.0 Å². The molecule has 0 unspecified atom stereocenters. The first-order valence-electron chi connectivity index (χ1n) is 7.95. The van der Waals surface area contributed by atoms with Gasteiger partial charge in [0.15, 0.2) is 0 Å². The fourth-order valence-corrected chi connectivity index (χ4v) is 3.18. The molecule has 3 N–H and O–H groups in total. The van der Waals surface area contributed by atoms with Gasteiger partial charge in [0.25, 0.3) is 0 Å². The van der Waals surface area contributed by atoms with Crippen molar-refractivity contribution in [2.24, 2.45) is 11.3 Å². The molecule has 0 spiro atoms. The highest BCUT2D eigenvalue weighted by molar-refractivity contribution is 5.80. The molecule has 1 saturated carbocycles. The number of hydrogen-bond acceptors (Lipinski definition) is 4. The van der Waals surface area contributed by atoms with Crippen LogP contribution in [0.15, 0.2) is 0 Å². The molecule has 21 heavy (non-hydrogen) atoms. The van der Waals surface area contributed by atoms with Crippen molar-refractivity contribution in [3.63, 3.8) is 0 Å². The number of carboxylic acids is 1. The largest absolute Gasteiger partial charge is 0.481 e. The highest BCUT2D eigenvalue weighted by Crippen LogP contribution is 2.38. The van der Waals surface area contributed by atoms with Crippen LogP contribution in [0.3, 0.4) is 0 Å². The maximum Gasteiger partial charge on any atom is 0.311 e. The molecule has 0 bridgehead atoms. The normalized spacial score (nSPS) is 30.8. The molecule has 6 nitrogen and oxygen atoms in total. The summed E-state index contributed by atoms with van der Waals surface area (Å²) in [4.78, 5) is 25.7. The van der Waals surface area contributed by atoms with Crippen LogP contribution < -0.4 is 10.6 Å². The zero-order chi connectivity index (χ0) is 15.3. The Morgan fingerprint density at radius 1 is 1.29 bits per heavy atom. The van der Waals surface area contributed by atoms with E-state index in [2.05, 4.69) is 22.5 Å². The third-order valence-electron chi connectivity index (χ3n) is 4.89. The number of nitrogens with one attached hydrogen (secondary N) is 2. The van der Waals surface area contributed by atoms with Gasteiger partial charge in [-0.05, 0) is 31.6 Å². The van der Waals surface area contributed by atoms with E-state index in [4.69, 9.17) is 0 Å². The molecule has 1 aliphatic carbocycles. The zero-order valence-corrected chi connectivity index (χ0v) is 12.9. The van der Waals surface area contributed by atoms with Crippen LogP contribution in [0, 0.1) is 11.3 Å². The van der Waals surface area contributed by atoms with E-state index in [9.17, 15) is 14.7 Å². The SMILES string of the molecule is CC1CCC(CNC(=O)CN2CCNCC2)(C(=O)O)CC1. The second-order valence-corrected chi connectivity index (χ2v) is 6.57. The van der Waals surface area contributed by atoms with Gasteiger partial charge in [0.1, 0.15) is 0 Å². The molecule has 1 aliphatic heterocycles. The van der Waals surface area contributed by atoms with Crippen molar-refractivity contribution >= 4 is 11.9 Å². The summed E-state index contributed by atoms with van der Waals surface area (Å²) < 4.78 is 0. The predicted molar refractivity (Wildman–Crippen MR) is 80.0 cm³/mol. The third kappa shape index (κ3) is 4.41. The van der Waals surface area contributed by atoms with E-state index >= 15 is 0 Å². The Morgan fingerprint density at radius 3 is 2.48 bits per heavy atom. The Bertz CT molecular complexity index is 372. The second-order valence-electron chi connectivity index (χ2n) is 6.57. The van der Waals surface area contributed by atoms with Gasteiger partial charge in [0.2, 0.25) is 5.91 Å².